The van der Waals surface area contributed by atoms with Crippen molar-refractivity contribution in [3.63, 3.8) is 0 Å². The highest BCUT2D eigenvalue weighted by molar-refractivity contribution is 6.15. The molecule has 0 bridgehead atoms. The topological polar surface area (TPSA) is 125 Å². The summed E-state index contributed by atoms with van der Waals surface area (Å²) in [6, 6.07) is 9.52. The summed E-state index contributed by atoms with van der Waals surface area (Å²) in [5, 5.41) is 15.0. The highest BCUT2D eigenvalue weighted by atomic mass is 16.7. The molecular formula is C32H40N2O7. The smallest absolute Gasteiger partial charge is 0.317 e. The number of nitro groups is 1. The van der Waals surface area contributed by atoms with Gasteiger partial charge in [-0.05, 0) is 36.5 Å². The van der Waals surface area contributed by atoms with Gasteiger partial charge in [0.05, 0.1) is 10.5 Å². The maximum atomic E-state index is 14.5. The van der Waals surface area contributed by atoms with Crippen molar-refractivity contribution in [3.05, 3.63) is 68.8 Å². The first-order valence-corrected chi connectivity index (χ1v) is 14.8. The van der Waals surface area contributed by atoms with Gasteiger partial charge >= 0.3 is 11.8 Å². The van der Waals surface area contributed by atoms with Crippen molar-refractivity contribution in [2.75, 3.05) is 0 Å². The van der Waals surface area contributed by atoms with Crippen LogP contribution in [0.3, 0.4) is 0 Å². The van der Waals surface area contributed by atoms with Crippen molar-refractivity contribution in [2.24, 2.45) is 0 Å². The molecule has 1 amide bonds. The maximum absolute atomic E-state index is 14.5. The lowest BCUT2D eigenvalue weighted by molar-refractivity contribution is -0.385. The molecule has 2 aromatic rings. The van der Waals surface area contributed by atoms with Crippen LogP contribution in [-0.2, 0) is 25.7 Å². The van der Waals surface area contributed by atoms with Gasteiger partial charge in [0.15, 0.2) is 0 Å². The Morgan fingerprint density at radius 1 is 0.976 bits per heavy atom. The Balaban J connectivity index is 1.88. The highest BCUT2D eigenvalue weighted by Crippen LogP contribution is 2.61. The monoisotopic (exact) mass is 564 g/mol. The minimum Gasteiger partial charge on any atom is -0.445 e. The lowest BCUT2D eigenvalue weighted by atomic mass is 9.81. The molecule has 1 N–H and O–H groups in total. The molecule has 2 unspecified atom stereocenters. The lowest BCUT2D eigenvalue weighted by Crippen LogP contribution is -2.61. The summed E-state index contributed by atoms with van der Waals surface area (Å²) in [4.78, 5) is 52.8. The molecule has 1 aliphatic heterocycles. The number of nitrogens with one attached hydrogen (secondary N) is 1. The fourth-order valence-corrected chi connectivity index (χ4v) is 5.87. The van der Waals surface area contributed by atoms with E-state index in [1.54, 1.807) is 12.1 Å². The Morgan fingerprint density at radius 2 is 1.66 bits per heavy atom. The van der Waals surface area contributed by atoms with Crippen molar-refractivity contribution in [3.8, 4) is 5.75 Å². The minimum absolute atomic E-state index is 0.0622. The van der Waals surface area contributed by atoms with Gasteiger partial charge in [0, 0.05) is 24.5 Å². The van der Waals surface area contributed by atoms with Crippen LogP contribution in [0.4, 0.5) is 5.69 Å². The molecule has 0 radical (unpaired) electrons. The first kappa shape index (κ1) is 30.2. The van der Waals surface area contributed by atoms with E-state index in [1.165, 1.54) is 18.2 Å². The number of Topliss-reactive ketones (excluding diaryl/α,β-unsaturated/α-hetero) is 1. The zero-order valence-electron chi connectivity index (χ0n) is 24.4. The average molecular weight is 565 g/mol. The van der Waals surface area contributed by atoms with Gasteiger partial charge in [-0.2, -0.15) is 0 Å². The van der Waals surface area contributed by atoms with Crippen LogP contribution in [0.5, 0.6) is 5.75 Å². The van der Waals surface area contributed by atoms with Crippen molar-refractivity contribution >= 4 is 23.3 Å². The Hall–Kier alpha value is -3.75. The molecule has 2 aliphatic rings. The first-order chi connectivity index (χ1) is 19.6. The third-order valence-corrected chi connectivity index (χ3v) is 8.06. The minimum atomic E-state index is -2.12. The van der Waals surface area contributed by atoms with Gasteiger partial charge in [0.2, 0.25) is 17.2 Å². The molecule has 2 atom stereocenters. The second-order valence-corrected chi connectivity index (χ2v) is 11.3. The van der Waals surface area contributed by atoms with Crippen molar-refractivity contribution in [1.82, 2.24) is 5.32 Å². The van der Waals surface area contributed by atoms with E-state index >= 15 is 0 Å². The van der Waals surface area contributed by atoms with Gasteiger partial charge in [-0.25, -0.2) is 0 Å². The fourth-order valence-electron chi connectivity index (χ4n) is 5.87. The van der Waals surface area contributed by atoms with Crippen LogP contribution in [0.1, 0.15) is 125 Å². The quantitative estimate of drug-likeness (QED) is 0.114. The Labute approximate surface area is 241 Å². The van der Waals surface area contributed by atoms with E-state index in [0.717, 1.165) is 44.1 Å². The van der Waals surface area contributed by atoms with Gasteiger partial charge in [0.1, 0.15) is 11.3 Å². The SMILES string of the molecule is CCCCCCC(=O)NC12C(=O)c3c([N+](=O)[O-])cccc3C1(OC(=O)CCCCCC)Oc1cc(C(C)C)ccc12. The van der Waals surface area contributed by atoms with E-state index in [0.29, 0.717) is 24.2 Å². The summed E-state index contributed by atoms with van der Waals surface area (Å²) in [6.45, 7) is 8.17. The van der Waals surface area contributed by atoms with E-state index in [2.05, 4.69) is 19.2 Å². The normalized spacial score (nSPS) is 20.3. The Kier molecular flexibility index (Phi) is 9.14. The molecule has 0 fully saturated rings. The van der Waals surface area contributed by atoms with Crippen LogP contribution < -0.4 is 10.1 Å². The number of carbonyl (C=O) groups excluding carboxylic acids is 3. The van der Waals surface area contributed by atoms with Crippen LogP contribution in [-0.4, -0.2) is 22.6 Å². The summed E-state index contributed by atoms with van der Waals surface area (Å²) >= 11 is 0. The van der Waals surface area contributed by atoms with Crippen LogP contribution in [0, 0.1) is 10.1 Å². The molecule has 4 rings (SSSR count). The average Bonchev–Trinajstić information content (AvgIpc) is 3.31. The molecular weight excluding hydrogens is 524 g/mol. The fraction of sp³-hybridized carbons (Fsp3) is 0.531. The lowest BCUT2D eigenvalue weighted by Gasteiger charge is -2.37. The van der Waals surface area contributed by atoms with Gasteiger partial charge in [0.25, 0.3) is 5.69 Å². The summed E-state index contributed by atoms with van der Waals surface area (Å²) in [5.74, 6) is -3.44. The molecule has 1 heterocycles. The third-order valence-electron chi connectivity index (χ3n) is 8.06. The van der Waals surface area contributed by atoms with E-state index in [-0.39, 0.29) is 29.9 Å². The maximum Gasteiger partial charge on any atom is 0.317 e. The summed E-state index contributed by atoms with van der Waals surface area (Å²) in [5.41, 5.74) is -1.35. The summed E-state index contributed by atoms with van der Waals surface area (Å²) in [6.07, 6.45) is 7.03. The summed E-state index contributed by atoms with van der Waals surface area (Å²) in [7, 11) is 0. The van der Waals surface area contributed by atoms with Crippen LogP contribution >= 0.6 is 0 Å². The van der Waals surface area contributed by atoms with E-state index in [1.807, 2.05) is 19.9 Å². The van der Waals surface area contributed by atoms with Crippen LogP contribution in [0.25, 0.3) is 0 Å². The second-order valence-electron chi connectivity index (χ2n) is 11.3. The molecule has 0 saturated carbocycles. The van der Waals surface area contributed by atoms with E-state index in [9.17, 15) is 24.5 Å². The molecule has 1 aliphatic carbocycles. The molecule has 0 spiro atoms. The zero-order chi connectivity index (χ0) is 29.8. The number of rotatable bonds is 14. The number of hydrogen-bond acceptors (Lipinski definition) is 7. The largest absolute Gasteiger partial charge is 0.445 e. The number of esters is 1. The predicted octanol–water partition coefficient (Wildman–Crippen LogP) is 6.96. The standard InChI is InChI=1S/C32H40N2O7/c1-5-7-9-11-16-27(35)33-31-23-19-18-22(21(3)4)20-26(23)40-32(31,41-28(36)17-12-10-8-6-2)24-14-13-15-25(34(38)39)29(24)30(31)37/h13-15,18-21H,5-12,16-17H2,1-4H3,(H,33,35). The molecule has 0 aromatic heterocycles. The van der Waals surface area contributed by atoms with Crippen molar-refractivity contribution < 1.29 is 28.8 Å². The van der Waals surface area contributed by atoms with Gasteiger partial charge in [-0.3, -0.25) is 24.5 Å². The Bertz CT molecular complexity index is 1340. The van der Waals surface area contributed by atoms with Gasteiger partial charge in [-0.1, -0.05) is 84.4 Å². The third kappa shape index (κ3) is 5.34. The van der Waals surface area contributed by atoms with Crippen LogP contribution in [0.2, 0.25) is 0 Å². The number of nitro benzene ring substituents is 1. The molecule has 220 valence electrons. The number of nitrogens with zero attached hydrogens (tertiary/aromatic N) is 1. The number of carbonyl (C=O) groups is 3. The number of amides is 1. The van der Waals surface area contributed by atoms with Gasteiger partial charge in [-0.15, -0.1) is 0 Å². The first-order valence-electron chi connectivity index (χ1n) is 14.8. The number of ketones is 1. The molecule has 9 heteroatoms. The Morgan fingerprint density at radius 3 is 2.29 bits per heavy atom. The van der Waals surface area contributed by atoms with Crippen molar-refractivity contribution in [2.45, 2.75) is 109 Å². The van der Waals surface area contributed by atoms with Gasteiger partial charge < -0.3 is 14.8 Å². The molecule has 41 heavy (non-hydrogen) atoms. The number of unbranched alkanes of at least 4 members (excludes halogenated alkanes) is 6. The second kappa shape index (κ2) is 12.4. The molecule has 0 saturated heterocycles. The molecule has 2 aromatic carbocycles. The number of ether oxygens (including phenoxy) is 2. The molecule has 9 nitrogen and oxygen atoms in total. The highest BCUT2D eigenvalue weighted by Gasteiger charge is 2.76. The number of benzene rings is 2. The number of fused-ring (bicyclic) bond motifs is 5. The van der Waals surface area contributed by atoms with E-state index < -0.39 is 39.6 Å². The van der Waals surface area contributed by atoms with E-state index in [4.69, 9.17) is 9.47 Å². The summed E-state index contributed by atoms with van der Waals surface area (Å²) < 4.78 is 12.6. The van der Waals surface area contributed by atoms with Crippen molar-refractivity contribution in [1.29, 1.82) is 0 Å². The predicted molar refractivity (Wildman–Crippen MR) is 154 cm³/mol. The van der Waals surface area contributed by atoms with Crippen LogP contribution in [0.15, 0.2) is 36.4 Å². The zero-order valence-corrected chi connectivity index (χ0v) is 24.4. The number of hydrogen-bond donors (Lipinski definition) is 1.